The Morgan fingerprint density at radius 3 is 1.55 bits per heavy atom. The van der Waals surface area contributed by atoms with Crippen molar-refractivity contribution in [3.63, 3.8) is 0 Å². The van der Waals surface area contributed by atoms with E-state index in [1.165, 1.54) is 11.1 Å². The Kier molecular flexibility index (Phi) is 4.47. The van der Waals surface area contributed by atoms with Gasteiger partial charge in [0.25, 0.3) is 0 Å². The normalized spacial score (nSPS) is 9.82. The maximum absolute atomic E-state index is 4.12. The van der Waals surface area contributed by atoms with Gasteiger partial charge in [-0.05, 0) is 35.4 Å². The van der Waals surface area contributed by atoms with Crippen LogP contribution in [-0.4, -0.2) is 15.0 Å². The van der Waals surface area contributed by atoms with Gasteiger partial charge in [-0.1, -0.05) is 42.5 Å². The van der Waals surface area contributed by atoms with E-state index < -0.39 is 0 Å². The number of benzene rings is 2. The van der Waals surface area contributed by atoms with Crippen LogP contribution in [0.25, 0.3) is 22.2 Å². The van der Waals surface area contributed by atoms with E-state index in [9.17, 15) is 0 Å². The first-order chi connectivity index (χ1) is 10.9. The SMILES string of the molecule is c1ccc(-c2ccncc2)cc1.c1ccc2nccnc2c1. The smallest absolute Gasteiger partial charge is 0.0886 e. The largest absolute Gasteiger partial charge is 0.265 e. The fraction of sp³-hybridized carbons (Fsp3) is 0. The molecule has 0 aliphatic rings. The van der Waals surface area contributed by atoms with E-state index >= 15 is 0 Å². The third-order valence-electron chi connectivity index (χ3n) is 3.16. The predicted octanol–water partition coefficient (Wildman–Crippen LogP) is 4.38. The van der Waals surface area contributed by atoms with Crippen molar-refractivity contribution >= 4 is 11.0 Å². The third kappa shape index (κ3) is 3.52. The molecular weight excluding hydrogens is 270 g/mol. The van der Waals surface area contributed by atoms with Gasteiger partial charge in [0.1, 0.15) is 0 Å². The molecule has 2 heterocycles. The van der Waals surface area contributed by atoms with E-state index in [0.717, 1.165) is 11.0 Å². The molecule has 4 aromatic rings. The Hall–Kier alpha value is -3.07. The molecule has 0 atom stereocenters. The molecule has 0 saturated heterocycles. The van der Waals surface area contributed by atoms with Gasteiger partial charge in [0, 0.05) is 24.8 Å². The molecule has 0 amide bonds. The summed E-state index contributed by atoms with van der Waals surface area (Å²) in [5.41, 5.74) is 4.35. The van der Waals surface area contributed by atoms with Crippen LogP contribution in [-0.2, 0) is 0 Å². The summed E-state index contributed by atoms with van der Waals surface area (Å²) in [6.45, 7) is 0. The lowest BCUT2D eigenvalue weighted by Gasteiger charge is -1.98. The highest BCUT2D eigenvalue weighted by Crippen LogP contribution is 2.16. The number of aromatic nitrogens is 3. The molecule has 0 bridgehead atoms. The van der Waals surface area contributed by atoms with E-state index in [4.69, 9.17) is 0 Å². The molecule has 0 radical (unpaired) electrons. The van der Waals surface area contributed by atoms with Gasteiger partial charge in [-0.2, -0.15) is 0 Å². The fourth-order valence-electron chi connectivity index (χ4n) is 2.08. The fourth-order valence-corrected chi connectivity index (χ4v) is 2.08. The second-order valence-electron chi connectivity index (χ2n) is 4.65. The number of rotatable bonds is 1. The summed E-state index contributed by atoms with van der Waals surface area (Å²) in [7, 11) is 0. The van der Waals surface area contributed by atoms with E-state index in [0.29, 0.717) is 0 Å². The lowest BCUT2D eigenvalue weighted by atomic mass is 10.1. The number of pyridine rings is 1. The maximum Gasteiger partial charge on any atom is 0.0886 e. The first kappa shape index (κ1) is 13.9. The molecule has 3 heteroatoms. The molecule has 0 unspecified atom stereocenters. The topological polar surface area (TPSA) is 38.7 Å². The monoisotopic (exact) mass is 285 g/mol. The van der Waals surface area contributed by atoms with E-state index in [-0.39, 0.29) is 0 Å². The molecular formula is C19H15N3. The molecule has 0 aliphatic heterocycles. The van der Waals surface area contributed by atoms with Crippen molar-refractivity contribution in [2.24, 2.45) is 0 Å². The van der Waals surface area contributed by atoms with Gasteiger partial charge < -0.3 is 0 Å². The van der Waals surface area contributed by atoms with Crippen LogP contribution in [0, 0.1) is 0 Å². The summed E-state index contributed by atoms with van der Waals surface area (Å²) in [4.78, 5) is 12.2. The van der Waals surface area contributed by atoms with Crippen LogP contribution in [0.2, 0.25) is 0 Å². The van der Waals surface area contributed by atoms with Gasteiger partial charge >= 0.3 is 0 Å². The predicted molar refractivity (Wildman–Crippen MR) is 89.2 cm³/mol. The van der Waals surface area contributed by atoms with E-state index in [1.807, 2.05) is 67.0 Å². The summed E-state index contributed by atoms with van der Waals surface area (Å²) in [5.74, 6) is 0. The zero-order valence-corrected chi connectivity index (χ0v) is 12.0. The average Bonchev–Trinajstić information content (AvgIpc) is 2.64. The first-order valence-corrected chi connectivity index (χ1v) is 7.05. The van der Waals surface area contributed by atoms with Crippen molar-refractivity contribution < 1.29 is 0 Å². The van der Waals surface area contributed by atoms with Crippen LogP contribution in [0.1, 0.15) is 0 Å². The van der Waals surface area contributed by atoms with Crippen LogP contribution in [0.15, 0.2) is 91.5 Å². The molecule has 3 nitrogen and oxygen atoms in total. The molecule has 0 N–H and O–H groups in total. The minimum Gasteiger partial charge on any atom is -0.265 e. The van der Waals surface area contributed by atoms with Crippen LogP contribution in [0.5, 0.6) is 0 Å². The zero-order valence-electron chi connectivity index (χ0n) is 12.0. The summed E-state index contributed by atoms with van der Waals surface area (Å²) < 4.78 is 0. The Morgan fingerprint density at radius 1 is 0.455 bits per heavy atom. The molecule has 0 saturated carbocycles. The maximum atomic E-state index is 4.12. The summed E-state index contributed by atoms with van der Waals surface area (Å²) >= 11 is 0. The Labute approximate surface area is 129 Å². The lowest BCUT2D eigenvalue weighted by molar-refractivity contribution is 1.29. The Bertz CT molecular complexity index is 727. The molecule has 0 spiro atoms. The van der Waals surface area contributed by atoms with Crippen LogP contribution in [0.3, 0.4) is 0 Å². The van der Waals surface area contributed by atoms with E-state index in [2.05, 4.69) is 27.1 Å². The lowest BCUT2D eigenvalue weighted by Crippen LogP contribution is -1.78. The zero-order chi connectivity index (χ0) is 15.0. The highest BCUT2D eigenvalue weighted by molar-refractivity contribution is 5.73. The van der Waals surface area contributed by atoms with Crippen molar-refractivity contribution in [2.45, 2.75) is 0 Å². The molecule has 0 fully saturated rings. The van der Waals surface area contributed by atoms with Crippen molar-refractivity contribution in [1.82, 2.24) is 15.0 Å². The number of para-hydroxylation sites is 2. The number of nitrogens with zero attached hydrogens (tertiary/aromatic N) is 3. The molecule has 22 heavy (non-hydrogen) atoms. The Balaban J connectivity index is 0.000000133. The molecule has 2 aromatic carbocycles. The van der Waals surface area contributed by atoms with Gasteiger partial charge in [-0.25, -0.2) is 0 Å². The molecule has 4 rings (SSSR count). The summed E-state index contributed by atoms with van der Waals surface area (Å²) in [6.07, 6.45) is 7.01. The van der Waals surface area contributed by atoms with Crippen molar-refractivity contribution in [2.75, 3.05) is 0 Å². The molecule has 0 aliphatic carbocycles. The molecule has 2 aromatic heterocycles. The van der Waals surface area contributed by atoms with Crippen molar-refractivity contribution in [3.8, 4) is 11.1 Å². The molecule has 106 valence electrons. The van der Waals surface area contributed by atoms with Crippen molar-refractivity contribution in [3.05, 3.63) is 91.5 Å². The van der Waals surface area contributed by atoms with Crippen LogP contribution >= 0.6 is 0 Å². The van der Waals surface area contributed by atoms with Gasteiger partial charge in [-0.15, -0.1) is 0 Å². The first-order valence-electron chi connectivity index (χ1n) is 7.05. The summed E-state index contributed by atoms with van der Waals surface area (Å²) in [6, 6.07) is 22.1. The van der Waals surface area contributed by atoms with Gasteiger partial charge in [0.2, 0.25) is 0 Å². The highest BCUT2D eigenvalue weighted by Gasteiger charge is 1.92. The van der Waals surface area contributed by atoms with Gasteiger partial charge in [0.15, 0.2) is 0 Å². The highest BCUT2D eigenvalue weighted by atomic mass is 14.8. The minimum absolute atomic E-state index is 0.949. The van der Waals surface area contributed by atoms with Crippen LogP contribution < -0.4 is 0 Å². The summed E-state index contributed by atoms with van der Waals surface area (Å²) in [5, 5.41) is 0. The number of fused-ring (bicyclic) bond motifs is 1. The van der Waals surface area contributed by atoms with Gasteiger partial charge in [-0.3, -0.25) is 15.0 Å². The minimum atomic E-state index is 0.949. The number of hydrogen-bond donors (Lipinski definition) is 0. The Morgan fingerprint density at radius 2 is 0.955 bits per heavy atom. The quantitative estimate of drug-likeness (QED) is 0.521. The van der Waals surface area contributed by atoms with Crippen molar-refractivity contribution in [1.29, 1.82) is 0 Å². The van der Waals surface area contributed by atoms with E-state index in [1.54, 1.807) is 12.4 Å². The third-order valence-corrected chi connectivity index (χ3v) is 3.16. The van der Waals surface area contributed by atoms with Crippen LogP contribution in [0.4, 0.5) is 0 Å². The standard InChI is InChI=1S/C11H9N.C8H6N2/c1-2-4-10(5-3-1)11-6-8-12-9-7-11;1-2-4-8-7(3-1)9-5-6-10-8/h1-9H;1-6H. The number of hydrogen-bond acceptors (Lipinski definition) is 3. The second-order valence-corrected chi connectivity index (χ2v) is 4.65. The average molecular weight is 285 g/mol. The van der Waals surface area contributed by atoms with Gasteiger partial charge in [0.05, 0.1) is 11.0 Å². The second kappa shape index (κ2) is 7.09.